The molecule has 0 amide bonds. The Labute approximate surface area is 210 Å². The topological polar surface area (TPSA) is 68.7 Å². The number of esters is 1. The molecule has 0 aliphatic carbocycles. The molecule has 35 heavy (non-hydrogen) atoms. The minimum Gasteiger partial charge on any atom is -0.489 e. The van der Waals surface area contributed by atoms with E-state index in [1.165, 1.54) is 25.1 Å². The van der Waals surface area contributed by atoms with Crippen molar-refractivity contribution in [2.75, 3.05) is 6.61 Å². The summed E-state index contributed by atoms with van der Waals surface area (Å²) in [5, 5.41) is 10.7. The molecule has 0 saturated heterocycles. The largest absolute Gasteiger partial charge is 0.489 e. The van der Waals surface area contributed by atoms with Gasteiger partial charge in [-0.2, -0.15) is 13.2 Å². The number of hydrogen-bond donors (Lipinski definition) is 1. The Morgan fingerprint density at radius 1 is 1.09 bits per heavy atom. The zero-order valence-electron chi connectivity index (χ0n) is 18.8. The van der Waals surface area contributed by atoms with E-state index >= 15 is 0 Å². The van der Waals surface area contributed by atoms with Gasteiger partial charge in [-0.15, -0.1) is 0 Å². The van der Waals surface area contributed by atoms with Gasteiger partial charge in [0.2, 0.25) is 0 Å². The number of halogens is 5. The lowest BCUT2D eigenvalue weighted by Gasteiger charge is -2.37. The maximum atomic E-state index is 14.1. The normalized spacial score (nSPS) is 14.2. The molecule has 0 bridgehead atoms. The van der Waals surface area contributed by atoms with Crippen molar-refractivity contribution in [3.05, 3.63) is 93.2 Å². The maximum absolute atomic E-state index is 14.1. The number of ether oxygens (including phenoxy) is 2. The second-order valence-corrected chi connectivity index (χ2v) is 8.54. The number of nitrogens with zero attached hydrogens (tertiary/aromatic N) is 1. The molecule has 10 heteroatoms. The van der Waals surface area contributed by atoms with Crippen LogP contribution in [0.1, 0.15) is 46.8 Å². The summed E-state index contributed by atoms with van der Waals surface area (Å²) in [6.07, 6.45) is -3.93. The summed E-state index contributed by atoms with van der Waals surface area (Å²) >= 11 is 12.1. The Hall–Kier alpha value is -2.81. The summed E-state index contributed by atoms with van der Waals surface area (Å²) in [4.78, 5) is 15.4. The van der Waals surface area contributed by atoms with Crippen LogP contribution < -0.4 is 4.74 Å². The summed E-state index contributed by atoms with van der Waals surface area (Å²) in [7, 11) is 0. The first-order valence-electron chi connectivity index (χ1n) is 10.6. The first-order chi connectivity index (χ1) is 16.5. The molecule has 0 aliphatic rings. The fourth-order valence-electron chi connectivity index (χ4n) is 3.59. The summed E-state index contributed by atoms with van der Waals surface area (Å²) in [5.74, 6) is -1.58. The number of hydrogen-bond acceptors (Lipinski definition) is 5. The molecule has 1 N–H and O–H groups in total. The number of alkyl halides is 3. The van der Waals surface area contributed by atoms with E-state index < -0.39 is 29.2 Å². The SMILES string of the molecule is CCOC(=O)c1ccc(COc2ccc([C@@H](C)[C@@](O)(c3ccnc(Cl)c3)C(F)(F)F)c(Cl)c2)cc1. The average Bonchev–Trinajstić information content (AvgIpc) is 2.81. The van der Waals surface area contributed by atoms with Gasteiger partial charge in [-0.3, -0.25) is 0 Å². The van der Waals surface area contributed by atoms with Crippen molar-refractivity contribution in [3.63, 3.8) is 0 Å². The number of benzene rings is 2. The molecule has 0 aliphatic heterocycles. The quantitative estimate of drug-likeness (QED) is 0.261. The van der Waals surface area contributed by atoms with Crippen molar-refractivity contribution in [2.45, 2.75) is 38.1 Å². The zero-order valence-corrected chi connectivity index (χ0v) is 20.3. The van der Waals surface area contributed by atoms with Crippen LogP contribution in [0.5, 0.6) is 5.75 Å². The lowest BCUT2D eigenvalue weighted by molar-refractivity contribution is -0.274. The highest BCUT2D eigenvalue weighted by Crippen LogP contribution is 2.50. The summed E-state index contributed by atoms with van der Waals surface area (Å²) < 4.78 is 52.9. The van der Waals surface area contributed by atoms with Crippen molar-refractivity contribution in [1.29, 1.82) is 0 Å². The van der Waals surface area contributed by atoms with E-state index in [0.29, 0.717) is 11.3 Å². The molecule has 2 aromatic carbocycles. The number of pyridine rings is 1. The molecule has 186 valence electrons. The van der Waals surface area contributed by atoms with Crippen molar-refractivity contribution in [3.8, 4) is 5.75 Å². The van der Waals surface area contributed by atoms with Gasteiger partial charge in [0.15, 0.2) is 5.60 Å². The molecule has 0 radical (unpaired) electrons. The second kappa shape index (κ2) is 10.8. The van der Waals surface area contributed by atoms with Crippen molar-refractivity contribution >= 4 is 29.2 Å². The Morgan fingerprint density at radius 3 is 2.34 bits per heavy atom. The van der Waals surface area contributed by atoms with E-state index in [4.69, 9.17) is 32.7 Å². The lowest BCUT2D eigenvalue weighted by Crippen LogP contribution is -2.46. The smallest absolute Gasteiger partial charge is 0.422 e. The number of aliphatic hydroxyl groups is 1. The summed E-state index contributed by atoms with van der Waals surface area (Å²) in [5.41, 5.74) is -2.46. The molecule has 0 unspecified atom stereocenters. The molecule has 1 heterocycles. The van der Waals surface area contributed by atoms with Crippen molar-refractivity contribution in [1.82, 2.24) is 4.98 Å². The third-order valence-corrected chi connectivity index (χ3v) is 6.07. The van der Waals surface area contributed by atoms with Crippen LogP contribution in [0.15, 0.2) is 60.8 Å². The van der Waals surface area contributed by atoms with E-state index in [1.54, 1.807) is 31.2 Å². The van der Waals surface area contributed by atoms with E-state index in [1.807, 2.05) is 0 Å². The van der Waals surface area contributed by atoms with E-state index in [9.17, 15) is 23.1 Å². The first kappa shape index (κ1) is 26.8. The van der Waals surface area contributed by atoms with Gasteiger partial charge in [0.1, 0.15) is 17.5 Å². The lowest BCUT2D eigenvalue weighted by atomic mass is 9.78. The Morgan fingerprint density at radius 2 is 1.77 bits per heavy atom. The number of aromatic nitrogens is 1. The molecule has 2 atom stereocenters. The predicted octanol–water partition coefficient (Wildman–Crippen LogP) is 6.70. The predicted molar refractivity (Wildman–Crippen MR) is 126 cm³/mol. The van der Waals surface area contributed by atoms with Crippen LogP contribution in [-0.4, -0.2) is 28.8 Å². The van der Waals surface area contributed by atoms with Crippen LogP contribution in [0.2, 0.25) is 10.2 Å². The number of carbonyl (C=O) groups is 1. The summed E-state index contributed by atoms with van der Waals surface area (Å²) in [6.45, 7) is 3.36. The molecular weight excluding hydrogens is 506 g/mol. The van der Waals surface area contributed by atoms with Gasteiger partial charge in [-0.1, -0.05) is 48.3 Å². The summed E-state index contributed by atoms with van der Waals surface area (Å²) in [6, 6.07) is 12.9. The molecule has 3 rings (SSSR count). The average molecular weight is 528 g/mol. The maximum Gasteiger partial charge on any atom is 0.422 e. The fourth-order valence-corrected chi connectivity index (χ4v) is 4.10. The van der Waals surface area contributed by atoms with Gasteiger partial charge in [0.05, 0.1) is 12.2 Å². The number of rotatable bonds is 8. The number of carbonyl (C=O) groups excluding carboxylic acids is 1. The Kier molecular flexibility index (Phi) is 8.30. The first-order valence-corrected chi connectivity index (χ1v) is 11.3. The highest BCUT2D eigenvalue weighted by molar-refractivity contribution is 6.31. The standard InChI is InChI=1S/C25H22Cl2F3NO4/c1-3-34-23(32)17-6-4-16(5-7-17)14-35-19-8-9-20(21(26)13-19)15(2)24(33,25(28,29)30)18-10-11-31-22(27)12-18/h4-13,15,33H,3,14H2,1-2H3/t15-,24-/m1/s1. The fraction of sp³-hybridized carbons (Fsp3) is 0.280. The molecule has 0 saturated carbocycles. The minimum atomic E-state index is -5.02. The molecule has 0 fully saturated rings. The van der Waals surface area contributed by atoms with Gasteiger partial charge in [-0.25, -0.2) is 9.78 Å². The molecular formula is C25H22Cl2F3NO4. The van der Waals surface area contributed by atoms with Crippen LogP contribution >= 0.6 is 23.2 Å². The highest BCUT2D eigenvalue weighted by Gasteiger charge is 2.59. The molecule has 0 spiro atoms. The second-order valence-electron chi connectivity index (χ2n) is 7.74. The van der Waals surface area contributed by atoms with E-state index in [2.05, 4.69) is 4.98 Å². The third-order valence-electron chi connectivity index (χ3n) is 5.53. The zero-order chi connectivity index (χ0) is 25.8. The van der Waals surface area contributed by atoms with Gasteiger partial charge in [0, 0.05) is 17.1 Å². The highest BCUT2D eigenvalue weighted by atomic mass is 35.5. The van der Waals surface area contributed by atoms with Gasteiger partial charge in [-0.05, 0) is 60.0 Å². The van der Waals surface area contributed by atoms with E-state index in [-0.39, 0.29) is 29.0 Å². The Balaban J connectivity index is 1.79. The Bertz CT molecular complexity index is 1190. The van der Waals surface area contributed by atoms with E-state index in [0.717, 1.165) is 23.9 Å². The van der Waals surface area contributed by atoms with Gasteiger partial charge >= 0.3 is 12.1 Å². The van der Waals surface area contributed by atoms with Gasteiger partial charge in [0.25, 0.3) is 0 Å². The van der Waals surface area contributed by atoms with Crippen LogP contribution in [0.3, 0.4) is 0 Å². The van der Waals surface area contributed by atoms with Crippen LogP contribution in [0.25, 0.3) is 0 Å². The minimum absolute atomic E-state index is 0.00418. The van der Waals surface area contributed by atoms with Crippen LogP contribution in [0.4, 0.5) is 13.2 Å². The molecule has 3 aromatic rings. The third kappa shape index (κ3) is 5.89. The van der Waals surface area contributed by atoms with Gasteiger partial charge < -0.3 is 14.6 Å². The van der Waals surface area contributed by atoms with Crippen LogP contribution in [0, 0.1) is 0 Å². The molecule has 1 aromatic heterocycles. The van der Waals surface area contributed by atoms with Crippen molar-refractivity contribution < 1.29 is 32.5 Å². The molecule has 5 nitrogen and oxygen atoms in total. The van der Waals surface area contributed by atoms with Crippen LogP contribution in [-0.2, 0) is 16.9 Å². The monoisotopic (exact) mass is 527 g/mol. The van der Waals surface area contributed by atoms with Crippen molar-refractivity contribution in [2.24, 2.45) is 0 Å².